The molecule has 0 unspecified atom stereocenters. The molecule has 3 heterocycles. The maximum atomic E-state index is 12.3. The first kappa shape index (κ1) is 13.7. The zero-order valence-corrected chi connectivity index (χ0v) is 11.8. The third-order valence-electron chi connectivity index (χ3n) is 2.98. The summed E-state index contributed by atoms with van der Waals surface area (Å²) in [6.07, 6.45) is 8.15. The summed E-state index contributed by atoms with van der Waals surface area (Å²) in [6.45, 7) is 0. The van der Waals surface area contributed by atoms with Crippen molar-refractivity contribution < 1.29 is 9.53 Å². The molecule has 22 heavy (non-hydrogen) atoms. The number of hydrogen-bond donors (Lipinski definition) is 1. The molecule has 0 radical (unpaired) electrons. The maximum absolute atomic E-state index is 12.3. The molecule has 0 atom stereocenters. The number of pyridine rings is 2. The van der Waals surface area contributed by atoms with Gasteiger partial charge in [0.2, 0.25) is 5.88 Å². The van der Waals surface area contributed by atoms with Crippen molar-refractivity contribution in [2.24, 2.45) is 0 Å². The van der Waals surface area contributed by atoms with Crippen molar-refractivity contribution in [1.29, 1.82) is 0 Å². The van der Waals surface area contributed by atoms with Gasteiger partial charge in [-0.05, 0) is 18.2 Å². The third kappa shape index (κ3) is 2.93. The van der Waals surface area contributed by atoms with E-state index in [1.807, 2.05) is 0 Å². The molecular formula is C15H13N5O2. The van der Waals surface area contributed by atoms with Crippen LogP contribution < -0.4 is 10.1 Å². The Balaban J connectivity index is 1.78. The van der Waals surface area contributed by atoms with Crippen molar-refractivity contribution in [3.05, 3.63) is 60.9 Å². The van der Waals surface area contributed by atoms with Crippen molar-refractivity contribution in [3.63, 3.8) is 0 Å². The number of nitrogens with one attached hydrogen (secondary N) is 1. The number of aromatic nitrogens is 4. The topological polar surface area (TPSA) is 81.9 Å². The van der Waals surface area contributed by atoms with E-state index in [9.17, 15) is 4.79 Å². The fourth-order valence-electron chi connectivity index (χ4n) is 1.87. The van der Waals surface area contributed by atoms with Crippen LogP contribution in [0.2, 0.25) is 0 Å². The Kier molecular flexibility index (Phi) is 3.78. The lowest BCUT2D eigenvalue weighted by atomic mass is 10.2. The number of ether oxygens (including phenoxy) is 1. The number of anilines is 1. The van der Waals surface area contributed by atoms with E-state index in [4.69, 9.17) is 4.74 Å². The highest BCUT2D eigenvalue weighted by Gasteiger charge is 2.08. The first-order chi connectivity index (χ1) is 10.8. The lowest BCUT2D eigenvalue weighted by molar-refractivity contribution is 0.102. The summed E-state index contributed by atoms with van der Waals surface area (Å²) in [7, 11) is 1.54. The van der Waals surface area contributed by atoms with Gasteiger partial charge in [0.25, 0.3) is 5.91 Å². The number of imidazole rings is 1. The van der Waals surface area contributed by atoms with Gasteiger partial charge in [0.15, 0.2) is 0 Å². The summed E-state index contributed by atoms with van der Waals surface area (Å²) in [5, 5.41) is 2.77. The molecule has 0 fully saturated rings. The highest BCUT2D eigenvalue weighted by molar-refractivity contribution is 6.04. The van der Waals surface area contributed by atoms with Gasteiger partial charge >= 0.3 is 0 Å². The first-order valence-electron chi connectivity index (χ1n) is 6.52. The normalized spacial score (nSPS) is 10.2. The van der Waals surface area contributed by atoms with E-state index in [1.54, 1.807) is 53.8 Å². The predicted octanol–water partition coefficient (Wildman–Crippen LogP) is 1.92. The van der Waals surface area contributed by atoms with E-state index in [0.29, 0.717) is 22.9 Å². The molecule has 0 aliphatic carbocycles. The van der Waals surface area contributed by atoms with Crippen LogP contribution in [0.4, 0.5) is 5.69 Å². The van der Waals surface area contributed by atoms with Gasteiger partial charge in [0.1, 0.15) is 12.1 Å². The molecule has 3 aromatic heterocycles. The molecule has 3 rings (SSSR count). The lowest BCUT2D eigenvalue weighted by Crippen LogP contribution is -2.13. The Morgan fingerprint density at radius 1 is 1.23 bits per heavy atom. The monoisotopic (exact) mass is 295 g/mol. The predicted molar refractivity (Wildman–Crippen MR) is 80.1 cm³/mol. The quantitative estimate of drug-likeness (QED) is 0.795. The number of rotatable bonds is 4. The van der Waals surface area contributed by atoms with Crippen molar-refractivity contribution >= 4 is 11.6 Å². The number of methoxy groups -OCH3 is 1. The molecule has 0 aliphatic heterocycles. The lowest BCUT2D eigenvalue weighted by Gasteiger charge is -2.07. The molecule has 110 valence electrons. The maximum Gasteiger partial charge on any atom is 0.255 e. The Bertz CT molecular complexity index is 769. The van der Waals surface area contributed by atoms with Crippen molar-refractivity contribution in [1.82, 2.24) is 19.5 Å². The molecular weight excluding hydrogens is 282 g/mol. The Labute approximate surface area is 126 Å². The minimum absolute atomic E-state index is 0.240. The molecule has 0 spiro atoms. The second kappa shape index (κ2) is 6.04. The van der Waals surface area contributed by atoms with E-state index in [0.717, 1.165) is 0 Å². The van der Waals surface area contributed by atoms with Gasteiger partial charge in [0.05, 0.1) is 19.0 Å². The molecule has 0 saturated carbocycles. The summed E-state index contributed by atoms with van der Waals surface area (Å²) < 4.78 is 6.70. The molecule has 0 saturated heterocycles. The molecule has 3 aromatic rings. The summed E-state index contributed by atoms with van der Waals surface area (Å²) >= 11 is 0. The largest absolute Gasteiger partial charge is 0.481 e. The van der Waals surface area contributed by atoms with E-state index in [-0.39, 0.29) is 5.91 Å². The van der Waals surface area contributed by atoms with Crippen molar-refractivity contribution in [2.45, 2.75) is 0 Å². The molecule has 0 bridgehead atoms. The number of nitrogens with zero attached hydrogens (tertiary/aromatic N) is 4. The molecule has 7 heteroatoms. The summed E-state index contributed by atoms with van der Waals surface area (Å²) in [5.41, 5.74) is 1.08. The molecule has 1 amide bonds. The van der Waals surface area contributed by atoms with Crippen LogP contribution in [0.1, 0.15) is 10.4 Å². The first-order valence-corrected chi connectivity index (χ1v) is 6.52. The third-order valence-corrected chi connectivity index (χ3v) is 2.98. The summed E-state index contributed by atoms with van der Waals surface area (Å²) in [4.78, 5) is 24.5. The van der Waals surface area contributed by atoms with Crippen LogP contribution >= 0.6 is 0 Å². The highest BCUT2D eigenvalue weighted by atomic mass is 16.5. The van der Waals surface area contributed by atoms with Crippen molar-refractivity contribution in [2.75, 3.05) is 12.4 Å². The second-order valence-corrected chi connectivity index (χ2v) is 4.42. The Morgan fingerprint density at radius 3 is 2.82 bits per heavy atom. The number of hydrogen-bond acceptors (Lipinski definition) is 5. The van der Waals surface area contributed by atoms with E-state index in [2.05, 4.69) is 20.3 Å². The molecule has 0 aliphatic rings. The average molecular weight is 295 g/mol. The smallest absolute Gasteiger partial charge is 0.255 e. The highest BCUT2D eigenvalue weighted by Crippen LogP contribution is 2.13. The van der Waals surface area contributed by atoms with Crippen LogP contribution in [0.5, 0.6) is 5.88 Å². The number of carbonyl (C=O) groups excluding carboxylic acids is 1. The van der Waals surface area contributed by atoms with Gasteiger partial charge < -0.3 is 10.1 Å². The SMILES string of the molecule is COc1ccc(NC(=O)c2ccnc(-n3ccnc3)c2)cn1. The van der Waals surface area contributed by atoms with Gasteiger partial charge in [0, 0.05) is 30.2 Å². The average Bonchev–Trinajstić information content (AvgIpc) is 3.10. The fourth-order valence-corrected chi connectivity index (χ4v) is 1.87. The zero-order valence-electron chi connectivity index (χ0n) is 11.8. The summed E-state index contributed by atoms with van der Waals surface area (Å²) in [5.74, 6) is 0.873. The van der Waals surface area contributed by atoms with Crippen LogP contribution in [-0.2, 0) is 0 Å². The van der Waals surface area contributed by atoms with Crippen LogP contribution in [0, 0.1) is 0 Å². The number of carbonyl (C=O) groups is 1. The van der Waals surface area contributed by atoms with Gasteiger partial charge in [-0.3, -0.25) is 9.36 Å². The van der Waals surface area contributed by atoms with Crippen LogP contribution in [0.3, 0.4) is 0 Å². The fraction of sp³-hybridized carbons (Fsp3) is 0.0667. The van der Waals surface area contributed by atoms with Gasteiger partial charge in [-0.1, -0.05) is 0 Å². The standard InChI is InChI=1S/C15H13N5O2/c1-22-14-3-2-12(9-18-14)19-15(21)11-4-5-17-13(8-11)20-7-6-16-10-20/h2-10H,1H3,(H,19,21). The van der Waals surface area contributed by atoms with Crippen molar-refractivity contribution in [3.8, 4) is 11.7 Å². The van der Waals surface area contributed by atoms with E-state index >= 15 is 0 Å². The second-order valence-electron chi connectivity index (χ2n) is 4.42. The van der Waals surface area contributed by atoms with Gasteiger partial charge in [-0.15, -0.1) is 0 Å². The molecule has 1 N–H and O–H groups in total. The zero-order chi connectivity index (χ0) is 15.4. The Morgan fingerprint density at radius 2 is 2.14 bits per heavy atom. The van der Waals surface area contributed by atoms with Crippen LogP contribution in [-0.4, -0.2) is 32.5 Å². The summed E-state index contributed by atoms with van der Waals surface area (Å²) in [6, 6.07) is 6.74. The van der Waals surface area contributed by atoms with E-state index < -0.39 is 0 Å². The number of amides is 1. The van der Waals surface area contributed by atoms with Crippen LogP contribution in [0.25, 0.3) is 5.82 Å². The minimum atomic E-state index is -0.240. The minimum Gasteiger partial charge on any atom is -0.481 e. The van der Waals surface area contributed by atoms with Gasteiger partial charge in [-0.25, -0.2) is 15.0 Å². The Hall–Kier alpha value is -3.22. The molecule has 7 nitrogen and oxygen atoms in total. The van der Waals surface area contributed by atoms with E-state index in [1.165, 1.54) is 13.3 Å². The van der Waals surface area contributed by atoms with Gasteiger partial charge in [-0.2, -0.15) is 0 Å². The molecule has 0 aromatic carbocycles. The van der Waals surface area contributed by atoms with Crippen LogP contribution in [0.15, 0.2) is 55.4 Å².